The third-order valence-electron chi connectivity index (χ3n) is 3.26. The molecule has 1 aliphatic heterocycles. The third kappa shape index (κ3) is 2.91. The van der Waals surface area contributed by atoms with Crippen LogP contribution in [0, 0.1) is 5.41 Å². The smallest absolute Gasteiger partial charge is 0.348 e. The van der Waals surface area contributed by atoms with E-state index in [1.54, 1.807) is 24.3 Å². The van der Waals surface area contributed by atoms with Crippen LogP contribution in [-0.2, 0) is 9.53 Å². The molecule has 18 heavy (non-hydrogen) atoms. The Hall–Kier alpha value is -1.35. The van der Waals surface area contributed by atoms with Crippen molar-refractivity contribution in [1.82, 2.24) is 0 Å². The lowest BCUT2D eigenvalue weighted by Crippen LogP contribution is -2.21. The highest BCUT2D eigenvalue weighted by atomic mass is 35.5. The van der Waals surface area contributed by atoms with Crippen molar-refractivity contribution in [3.05, 3.63) is 34.9 Å². The lowest BCUT2D eigenvalue weighted by molar-refractivity contribution is -0.117. The van der Waals surface area contributed by atoms with E-state index in [0.717, 1.165) is 0 Å². The molecule has 1 atom stereocenters. The predicted octanol–water partition coefficient (Wildman–Crippen LogP) is 3.25. The summed E-state index contributed by atoms with van der Waals surface area (Å²) in [5, 5.41) is 0.615. The molecular formula is C14H15ClO3. The molecular weight excluding hydrogens is 252 g/mol. The van der Waals surface area contributed by atoms with Crippen LogP contribution >= 0.6 is 11.6 Å². The van der Waals surface area contributed by atoms with Crippen molar-refractivity contribution in [3.8, 4) is 0 Å². The van der Waals surface area contributed by atoms with E-state index in [1.807, 2.05) is 13.8 Å². The molecule has 0 N–H and O–H groups in total. The molecule has 1 fully saturated rings. The number of carbonyl (C=O) groups excluding carboxylic acids is 2. The molecule has 1 saturated heterocycles. The average molecular weight is 267 g/mol. The number of ketones is 1. The van der Waals surface area contributed by atoms with Gasteiger partial charge >= 0.3 is 5.97 Å². The summed E-state index contributed by atoms with van der Waals surface area (Å²) in [6, 6.07) is 6.84. The van der Waals surface area contributed by atoms with Gasteiger partial charge in [0, 0.05) is 22.4 Å². The number of epoxide rings is 1. The zero-order valence-electron chi connectivity index (χ0n) is 10.4. The van der Waals surface area contributed by atoms with Crippen LogP contribution in [0.25, 0.3) is 0 Å². The zero-order valence-corrected chi connectivity index (χ0v) is 11.2. The Morgan fingerprint density at radius 1 is 1.33 bits per heavy atom. The quantitative estimate of drug-likeness (QED) is 0.607. The minimum absolute atomic E-state index is 0.0628. The van der Waals surface area contributed by atoms with E-state index in [2.05, 4.69) is 0 Å². The summed E-state index contributed by atoms with van der Waals surface area (Å²) in [6.45, 7) is 3.88. The maximum atomic E-state index is 12.0. The molecule has 0 amide bonds. The van der Waals surface area contributed by atoms with Gasteiger partial charge in [0.05, 0.1) is 0 Å². The fourth-order valence-corrected chi connectivity index (χ4v) is 2.03. The van der Waals surface area contributed by atoms with E-state index in [9.17, 15) is 9.59 Å². The molecule has 1 aromatic carbocycles. The van der Waals surface area contributed by atoms with Gasteiger partial charge in [0.25, 0.3) is 0 Å². The summed E-state index contributed by atoms with van der Waals surface area (Å²) in [5.41, 5.74) is 0.373. The van der Waals surface area contributed by atoms with Crippen LogP contribution in [0.1, 0.15) is 37.0 Å². The number of halogens is 1. The first kappa shape index (κ1) is 13.1. The molecule has 0 spiro atoms. The molecule has 1 unspecified atom stereocenters. The minimum Gasteiger partial charge on any atom is -0.447 e. The lowest BCUT2D eigenvalue weighted by atomic mass is 9.83. The van der Waals surface area contributed by atoms with Crippen LogP contribution in [0.5, 0.6) is 0 Å². The molecule has 0 aromatic heterocycles. The van der Waals surface area contributed by atoms with Gasteiger partial charge in [-0.05, 0) is 30.7 Å². The normalized spacial score (nSPS) is 18.4. The van der Waals surface area contributed by atoms with Gasteiger partial charge in [-0.2, -0.15) is 0 Å². The molecule has 3 nitrogen and oxygen atoms in total. The van der Waals surface area contributed by atoms with E-state index in [-0.39, 0.29) is 23.3 Å². The van der Waals surface area contributed by atoms with Gasteiger partial charge in [-0.1, -0.05) is 25.4 Å². The van der Waals surface area contributed by atoms with Gasteiger partial charge in [-0.25, -0.2) is 4.79 Å². The van der Waals surface area contributed by atoms with Gasteiger partial charge < -0.3 is 4.74 Å². The fraction of sp³-hybridized carbons (Fsp3) is 0.429. The van der Waals surface area contributed by atoms with Crippen LogP contribution in [0.2, 0.25) is 5.02 Å². The number of carbonyl (C=O) groups is 2. The first-order chi connectivity index (χ1) is 8.40. The number of hydrogen-bond acceptors (Lipinski definition) is 3. The van der Waals surface area contributed by atoms with Crippen LogP contribution in [-0.4, -0.2) is 17.9 Å². The molecule has 1 aliphatic rings. The number of cyclic esters (lactones) is 1. The highest BCUT2D eigenvalue weighted by Gasteiger charge is 2.50. The molecule has 0 saturated carbocycles. The lowest BCUT2D eigenvalue weighted by Gasteiger charge is -2.19. The summed E-state index contributed by atoms with van der Waals surface area (Å²) in [6.07, 6.45) is 0.697. The number of benzene rings is 1. The first-order valence-corrected chi connectivity index (χ1v) is 6.27. The van der Waals surface area contributed by atoms with Gasteiger partial charge in [0.15, 0.2) is 5.78 Å². The second-order valence-corrected chi connectivity index (χ2v) is 5.67. The summed E-state index contributed by atoms with van der Waals surface area (Å²) in [5.74, 6) is -0.105. The second-order valence-electron chi connectivity index (χ2n) is 5.24. The summed E-state index contributed by atoms with van der Waals surface area (Å²) >= 11 is 5.77. The van der Waals surface area contributed by atoms with Crippen LogP contribution in [0.15, 0.2) is 24.3 Å². The molecule has 0 aliphatic carbocycles. The Labute approximate surface area is 111 Å². The molecule has 96 valence electrons. The Kier molecular flexibility index (Phi) is 3.44. The Bertz CT molecular complexity index is 476. The summed E-state index contributed by atoms with van der Waals surface area (Å²) in [4.78, 5) is 22.9. The Morgan fingerprint density at radius 3 is 2.39 bits per heavy atom. The van der Waals surface area contributed by atoms with Crippen molar-refractivity contribution in [2.75, 3.05) is 0 Å². The fourth-order valence-electron chi connectivity index (χ4n) is 1.91. The summed E-state index contributed by atoms with van der Waals surface area (Å²) in [7, 11) is 0. The number of Topliss-reactive ketones (excluding diaryl/α,β-unsaturated/α-hetero) is 1. The van der Waals surface area contributed by atoms with E-state index in [4.69, 9.17) is 16.3 Å². The van der Waals surface area contributed by atoms with Gasteiger partial charge in [-0.3, -0.25) is 4.79 Å². The van der Waals surface area contributed by atoms with Gasteiger partial charge in [0.2, 0.25) is 6.10 Å². The minimum atomic E-state index is -0.337. The zero-order chi connectivity index (χ0) is 13.3. The maximum absolute atomic E-state index is 12.0. The summed E-state index contributed by atoms with van der Waals surface area (Å²) < 4.78 is 4.87. The van der Waals surface area contributed by atoms with E-state index in [1.165, 1.54) is 0 Å². The van der Waals surface area contributed by atoms with Crippen molar-refractivity contribution in [3.63, 3.8) is 0 Å². The van der Waals surface area contributed by atoms with Crippen LogP contribution < -0.4 is 0 Å². The second kappa shape index (κ2) is 4.73. The standard InChI is InChI=1S/C14H15ClO3/c1-14(2,12-13(17)18-12)8-7-11(16)9-3-5-10(15)6-4-9/h3-6,12H,7-8H2,1-2H3. The SMILES string of the molecule is CC(C)(CCC(=O)c1ccc(Cl)cc1)C1OC1=O. The molecule has 1 heterocycles. The van der Waals surface area contributed by atoms with E-state index >= 15 is 0 Å². The predicted molar refractivity (Wildman–Crippen MR) is 68.7 cm³/mol. The topological polar surface area (TPSA) is 46.7 Å². The van der Waals surface area contributed by atoms with Crippen molar-refractivity contribution < 1.29 is 14.3 Å². The van der Waals surface area contributed by atoms with E-state index in [0.29, 0.717) is 23.4 Å². The van der Waals surface area contributed by atoms with Crippen LogP contribution in [0.3, 0.4) is 0 Å². The molecule has 2 rings (SSSR count). The van der Waals surface area contributed by atoms with E-state index < -0.39 is 0 Å². The highest BCUT2D eigenvalue weighted by Crippen LogP contribution is 2.37. The van der Waals surface area contributed by atoms with Crippen molar-refractivity contribution in [1.29, 1.82) is 0 Å². The Morgan fingerprint density at radius 2 is 1.89 bits per heavy atom. The first-order valence-electron chi connectivity index (χ1n) is 5.89. The highest BCUT2D eigenvalue weighted by molar-refractivity contribution is 6.30. The number of ether oxygens (including phenoxy) is 1. The van der Waals surface area contributed by atoms with Crippen molar-refractivity contribution in [2.45, 2.75) is 32.8 Å². The maximum Gasteiger partial charge on any atom is 0.348 e. The van der Waals surface area contributed by atoms with Gasteiger partial charge in [-0.15, -0.1) is 0 Å². The van der Waals surface area contributed by atoms with Crippen molar-refractivity contribution >= 4 is 23.4 Å². The van der Waals surface area contributed by atoms with Crippen molar-refractivity contribution in [2.24, 2.45) is 5.41 Å². The number of hydrogen-bond donors (Lipinski definition) is 0. The number of rotatable bonds is 5. The molecule has 0 radical (unpaired) electrons. The van der Waals surface area contributed by atoms with Gasteiger partial charge in [0.1, 0.15) is 0 Å². The molecule has 0 bridgehead atoms. The Balaban J connectivity index is 1.92. The molecule has 1 aromatic rings. The average Bonchev–Trinajstić information content (AvgIpc) is 3.05. The molecule has 4 heteroatoms. The van der Waals surface area contributed by atoms with Crippen LogP contribution in [0.4, 0.5) is 0 Å². The largest absolute Gasteiger partial charge is 0.447 e. The third-order valence-corrected chi connectivity index (χ3v) is 3.52. The monoisotopic (exact) mass is 266 g/mol.